The molecule has 5 rings (SSSR count). The van der Waals surface area contributed by atoms with E-state index in [0.29, 0.717) is 38.2 Å². The van der Waals surface area contributed by atoms with Crippen molar-refractivity contribution in [3.63, 3.8) is 0 Å². The molecule has 1 heterocycles. The molecule has 2 fully saturated rings. The normalized spacial score (nSPS) is 21.1. The lowest BCUT2D eigenvalue weighted by atomic mass is 9.93. The minimum atomic E-state index is -1.04. The number of methoxy groups -OCH3 is 1. The highest BCUT2D eigenvalue weighted by Crippen LogP contribution is 2.35. The zero-order valence-corrected chi connectivity index (χ0v) is 25.7. The maximum absolute atomic E-state index is 13.3. The van der Waals surface area contributed by atoms with Crippen molar-refractivity contribution in [2.24, 2.45) is 5.92 Å². The van der Waals surface area contributed by atoms with Gasteiger partial charge in [0.2, 0.25) is 6.10 Å². The van der Waals surface area contributed by atoms with Crippen molar-refractivity contribution in [1.82, 2.24) is 4.90 Å². The summed E-state index contributed by atoms with van der Waals surface area (Å²) >= 11 is 0. The lowest BCUT2D eigenvalue weighted by Crippen LogP contribution is -2.49. The van der Waals surface area contributed by atoms with E-state index in [1.165, 1.54) is 12.7 Å². The molecule has 4 atom stereocenters. The molecule has 0 radical (unpaired) electrons. The second kappa shape index (κ2) is 16.3. The van der Waals surface area contributed by atoms with Crippen LogP contribution in [0.1, 0.15) is 41.6 Å². The monoisotopic (exact) mass is 611 g/mol. The first-order valence-corrected chi connectivity index (χ1v) is 15.6. The maximum atomic E-state index is 13.3. The number of hydrogen-bond donors (Lipinski definition) is 0. The molecule has 0 aromatic heterocycles. The molecule has 0 bridgehead atoms. The highest BCUT2D eigenvalue weighted by molar-refractivity contribution is 5.91. The van der Waals surface area contributed by atoms with E-state index in [9.17, 15) is 14.4 Å². The highest BCUT2D eigenvalue weighted by Gasteiger charge is 2.45. The molecule has 1 unspecified atom stereocenters. The van der Waals surface area contributed by atoms with Crippen molar-refractivity contribution >= 4 is 17.7 Å². The molecule has 3 aromatic carbocycles. The molecule has 0 amide bonds. The van der Waals surface area contributed by atoms with Crippen molar-refractivity contribution in [3.8, 4) is 11.1 Å². The fourth-order valence-electron chi connectivity index (χ4n) is 6.12. The molecule has 0 spiro atoms. The number of nitrogens with zero attached hydrogens (tertiary/aromatic N) is 1. The van der Waals surface area contributed by atoms with E-state index in [1.807, 2.05) is 30.4 Å². The highest BCUT2D eigenvalue weighted by atomic mass is 16.6. The van der Waals surface area contributed by atoms with Gasteiger partial charge in [-0.15, -0.1) is 0 Å². The number of hydrogen-bond acceptors (Lipinski definition) is 8. The van der Waals surface area contributed by atoms with Crippen molar-refractivity contribution in [2.45, 2.75) is 50.5 Å². The molecule has 1 aliphatic heterocycles. The molecule has 45 heavy (non-hydrogen) atoms. The number of ketones is 1. The van der Waals surface area contributed by atoms with E-state index >= 15 is 0 Å². The van der Waals surface area contributed by atoms with Crippen LogP contribution < -0.4 is 0 Å². The van der Waals surface area contributed by atoms with Crippen LogP contribution in [-0.4, -0.2) is 74.3 Å². The number of Topliss-reactive ketones (excluding diaryl/α,β-unsaturated/α-hetero) is 1. The molecule has 8 nitrogen and oxygen atoms in total. The smallest absolute Gasteiger partial charge is 0.347 e. The largest absolute Gasteiger partial charge is 0.466 e. The zero-order chi connectivity index (χ0) is 31.4. The Morgan fingerprint density at radius 2 is 1.58 bits per heavy atom. The molecule has 1 saturated heterocycles. The Morgan fingerprint density at radius 3 is 2.27 bits per heavy atom. The van der Waals surface area contributed by atoms with Crippen LogP contribution in [0, 0.1) is 5.92 Å². The number of carbonyl (C=O) groups excluding carboxylic acids is 3. The molecule has 1 saturated carbocycles. The Balaban J connectivity index is 1.20. The first-order valence-electron chi connectivity index (χ1n) is 15.6. The molecule has 1 aliphatic carbocycles. The molecule has 3 aromatic rings. The number of esters is 2. The lowest BCUT2D eigenvalue weighted by Gasteiger charge is -2.35. The summed E-state index contributed by atoms with van der Waals surface area (Å²) in [6, 6.07) is 27.0. The van der Waals surface area contributed by atoms with Gasteiger partial charge in [0, 0.05) is 31.8 Å². The summed E-state index contributed by atoms with van der Waals surface area (Å²) in [6.07, 6.45) is 4.59. The number of benzene rings is 3. The molecule has 236 valence electrons. The van der Waals surface area contributed by atoms with E-state index in [2.05, 4.69) is 41.3 Å². The first kappa shape index (κ1) is 32.3. The zero-order valence-electron chi connectivity index (χ0n) is 25.7. The third kappa shape index (κ3) is 8.75. The molecule has 2 aliphatic rings. The molecular weight excluding hydrogens is 570 g/mol. The average molecular weight is 612 g/mol. The Morgan fingerprint density at radius 1 is 0.911 bits per heavy atom. The number of ether oxygens (including phenoxy) is 4. The van der Waals surface area contributed by atoms with Gasteiger partial charge in [-0.05, 0) is 41.7 Å². The van der Waals surface area contributed by atoms with Gasteiger partial charge in [0.15, 0.2) is 5.78 Å². The van der Waals surface area contributed by atoms with Gasteiger partial charge in [-0.2, -0.15) is 0 Å². The van der Waals surface area contributed by atoms with E-state index in [4.69, 9.17) is 18.9 Å². The summed E-state index contributed by atoms with van der Waals surface area (Å²) in [4.78, 5) is 40.4. The summed E-state index contributed by atoms with van der Waals surface area (Å²) < 4.78 is 22.3. The minimum absolute atomic E-state index is 0.0242. The summed E-state index contributed by atoms with van der Waals surface area (Å²) in [7, 11) is 1.27. The van der Waals surface area contributed by atoms with Crippen LogP contribution in [0.5, 0.6) is 0 Å². The van der Waals surface area contributed by atoms with Gasteiger partial charge in [-0.1, -0.05) is 84.9 Å². The fourth-order valence-corrected chi connectivity index (χ4v) is 6.12. The fraction of sp³-hybridized carbons (Fsp3) is 0.378. The van der Waals surface area contributed by atoms with Gasteiger partial charge in [0.05, 0.1) is 44.6 Å². The molecular formula is C37H41NO7. The third-order valence-electron chi connectivity index (χ3n) is 8.49. The standard InChI is InChI=1S/C37H41NO7/c1-42-37(41)33(45-36(40)30-13-7-3-8-14-30)16-10-4-9-15-31-34(25-32(39)35(31)38-21-23-43-24-22-38)44-26-27-17-19-29(20-18-27)28-11-5-2-6-12-28/h2-8,10-14,17-20,31,33-35H,9,15-16,21-26H2,1H3/t31-,33?,34-,35+/m1/s1. The van der Waals surface area contributed by atoms with Crippen molar-refractivity contribution in [3.05, 3.63) is 108 Å². The van der Waals surface area contributed by atoms with Crippen molar-refractivity contribution < 1.29 is 33.3 Å². The van der Waals surface area contributed by atoms with Gasteiger partial charge < -0.3 is 18.9 Å². The number of allylic oxidation sites excluding steroid dienone is 1. The number of rotatable bonds is 13. The van der Waals surface area contributed by atoms with Crippen molar-refractivity contribution in [2.75, 3.05) is 33.4 Å². The van der Waals surface area contributed by atoms with E-state index in [0.717, 1.165) is 30.6 Å². The molecule has 0 N–H and O–H groups in total. The quantitative estimate of drug-likeness (QED) is 0.181. The summed E-state index contributed by atoms with van der Waals surface area (Å²) in [5, 5.41) is 0. The Kier molecular flexibility index (Phi) is 11.7. The van der Waals surface area contributed by atoms with E-state index in [-0.39, 0.29) is 30.3 Å². The van der Waals surface area contributed by atoms with E-state index < -0.39 is 18.0 Å². The van der Waals surface area contributed by atoms with Gasteiger partial charge in [-0.25, -0.2) is 9.59 Å². The maximum Gasteiger partial charge on any atom is 0.347 e. The third-order valence-corrected chi connectivity index (χ3v) is 8.49. The van der Waals surface area contributed by atoms with Gasteiger partial charge in [0.1, 0.15) is 0 Å². The minimum Gasteiger partial charge on any atom is -0.466 e. The second-order valence-electron chi connectivity index (χ2n) is 11.4. The topological polar surface area (TPSA) is 91.4 Å². The van der Waals surface area contributed by atoms with Crippen molar-refractivity contribution in [1.29, 1.82) is 0 Å². The van der Waals surface area contributed by atoms with Crippen LogP contribution in [0.25, 0.3) is 11.1 Å². The summed E-state index contributed by atoms with van der Waals surface area (Å²) in [5.41, 5.74) is 3.75. The van der Waals surface area contributed by atoms with Crippen LogP contribution in [0.4, 0.5) is 0 Å². The van der Waals surface area contributed by atoms with Crippen LogP contribution in [-0.2, 0) is 35.1 Å². The molecule has 8 heteroatoms. The van der Waals surface area contributed by atoms with Crippen LogP contribution >= 0.6 is 0 Å². The number of morpholine rings is 1. The predicted molar refractivity (Wildman–Crippen MR) is 170 cm³/mol. The number of carbonyl (C=O) groups is 3. The van der Waals surface area contributed by atoms with Crippen LogP contribution in [0.15, 0.2) is 97.1 Å². The predicted octanol–water partition coefficient (Wildman–Crippen LogP) is 5.65. The Labute approximate surface area is 264 Å². The summed E-state index contributed by atoms with van der Waals surface area (Å²) in [5.74, 6) is -0.945. The Hall–Kier alpha value is -4.11. The first-order chi connectivity index (χ1) is 22.0. The van der Waals surface area contributed by atoms with Gasteiger partial charge >= 0.3 is 11.9 Å². The van der Waals surface area contributed by atoms with Gasteiger partial charge in [0.25, 0.3) is 0 Å². The van der Waals surface area contributed by atoms with E-state index in [1.54, 1.807) is 30.3 Å². The lowest BCUT2D eigenvalue weighted by molar-refractivity contribution is -0.150. The summed E-state index contributed by atoms with van der Waals surface area (Å²) in [6.45, 7) is 3.12. The van der Waals surface area contributed by atoms with Crippen LogP contribution in [0.2, 0.25) is 0 Å². The van der Waals surface area contributed by atoms with Crippen LogP contribution in [0.3, 0.4) is 0 Å². The Bertz CT molecular complexity index is 1420. The average Bonchev–Trinajstić information content (AvgIpc) is 3.41. The second-order valence-corrected chi connectivity index (χ2v) is 11.4. The SMILES string of the molecule is COC(=O)C(CC=CCC[C@H]1[C@H](N2CCOCC2)C(=O)C[C@H]1OCc1ccc(-c2ccccc2)cc1)OC(=O)c1ccccc1. The van der Waals surface area contributed by atoms with Gasteiger partial charge in [-0.3, -0.25) is 9.69 Å².